The van der Waals surface area contributed by atoms with Gasteiger partial charge >= 0.3 is 0 Å². The highest BCUT2D eigenvalue weighted by Gasteiger charge is 2.45. The van der Waals surface area contributed by atoms with Crippen molar-refractivity contribution in [3.8, 4) is 11.5 Å². The fourth-order valence-electron chi connectivity index (χ4n) is 3.95. The monoisotopic (exact) mass is 452 g/mol. The maximum absolute atomic E-state index is 13.1. The van der Waals surface area contributed by atoms with Gasteiger partial charge in [0.1, 0.15) is 17.3 Å². The van der Waals surface area contributed by atoms with Gasteiger partial charge in [0.05, 0.1) is 24.8 Å². The fourth-order valence-corrected chi connectivity index (χ4v) is 3.95. The van der Waals surface area contributed by atoms with Gasteiger partial charge in [0, 0.05) is 18.7 Å². The predicted molar refractivity (Wildman–Crippen MR) is 128 cm³/mol. The zero-order chi connectivity index (χ0) is 24.1. The molecule has 7 heteroatoms. The Labute approximate surface area is 195 Å². The van der Waals surface area contributed by atoms with Crippen LogP contribution in [0.15, 0.2) is 48.0 Å². The van der Waals surface area contributed by atoms with Crippen LogP contribution in [-0.4, -0.2) is 67.0 Å². The Balaban J connectivity index is 2.10. The van der Waals surface area contributed by atoms with E-state index < -0.39 is 17.7 Å². The summed E-state index contributed by atoms with van der Waals surface area (Å²) in [5, 5.41) is 11.2. The Kier molecular flexibility index (Phi) is 7.76. The molecule has 0 saturated carbocycles. The van der Waals surface area contributed by atoms with E-state index in [0.717, 1.165) is 11.1 Å². The average molecular weight is 453 g/mol. The quantitative estimate of drug-likeness (QED) is 0.354. The van der Waals surface area contributed by atoms with Gasteiger partial charge in [-0.3, -0.25) is 9.59 Å². The minimum absolute atomic E-state index is 0.0893. The van der Waals surface area contributed by atoms with Crippen LogP contribution in [0.3, 0.4) is 0 Å². The molecule has 1 fully saturated rings. The molecule has 1 N–H and O–H groups in total. The van der Waals surface area contributed by atoms with E-state index in [1.165, 1.54) is 4.90 Å². The van der Waals surface area contributed by atoms with Crippen molar-refractivity contribution >= 4 is 17.4 Å². The number of aryl methyl sites for hydroxylation is 1. The minimum atomic E-state index is -0.687. The van der Waals surface area contributed by atoms with E-state index >= 15 is 0 Å². The molecule has 0 spiro atoms. The molecule has 1 atom stereocenters. The van der Waals surface area contributed by atoms with Crippen LogP contribution in [0.4, 0.5) is 0 Å². The first-order valence-corrected chi connectivity index (χ1v) is 11.2. The molecule has 0 bridgehead atoms. The maximum Gasteiger partial charge on any atom is 0.295 e. The standard InChI is InChI=1S/C26H32N2O5/c1-6-32-20-11-8-18(9-12-20)23-22(25(30)26(31)28(23)15-14-27(4)5)24(29)19-10-13-21(33-7-2)17(3)16-19/h8-13,16,23,29H,6-7,14-15H2,1-5H3/b24-22-. The summed E-state index contributed by atoms with van der Waals surface area (Å²) in [6, 6.07) is 11.8. The van der Waals surface area contributed by atoms with Gasteiger partial charge in [0.2, 0.25) is 0 Å². The summed E-state index contributed by atoms with van der Waals surface area (Å²) >= 11 is 0. The Hall–Kier alpha value is -3.32. The second kappa shape index (κ2) is 10.5. The molecule has 0 aliphatic carbocycles. The van der Waals surface area contributed by atoms with E-state index in [2.05, 4.69) is 0 Å². The summed E-state index contributed by atoms with van der Waals surface area (Å²) in [4.78, 5) is 29.6. The number of amides is 1. The number of carbonyl (C=O) groups excluding carboxylic acids is 2. The van der Waals surface area contributed by atoms with E-state index in [1.54, 1.807) is 18.2 Å². The zero-order valence-corrected chi connectivity index (χ0v) is 19.9. The predicted octanol–water partition coefficient (Wildman–Crippen LogP) is 3.78. The summed E-state index contributed by atoms with van der Waals surface area (Å²) < 4.78 is 11.1. The van der Waals surface area contributed by atoms with E-state index in [4.69, 9.17) is 9.47 Å². The van der Waals surface area contributed by atoms with Crippen LogP contribution in [0.5, 0.6) is 11.5 Å². The maximum atomic E-state index is 13.1. The van der Waals surface area contributed by atoms with Crippen LogP contribution >= 0.6 is 0 Å². The average Bonchev–Trinajstić information content (AvgIpc) is 3.04. The Morgan fingerprint density at radius 2 is 1.70 bits per heavy atom. The number of nitrogens with zero attached hydrogens (tertiary/aromatic N) is 2. The van der Waals surface area contributed by atoms with Crippen molar-refractivity contribution < 1.29 is 24.2 Å². The highest BCUT2D eigenvalue weighted by atomic mass is 16.5. The van der Waals surface area contributed by atoms with Gasteiger partial charge in [-0.25, -0.2) is 0 Å². The van der Waals surface area contributed by atoms with E-state index in [9.17, 15) is 14.7 Å². The molecule has 33 heavy (non-hydrogen) atoms. The smallest absolute Gasteiger partial charge is 0.295 e. The number of rotatable bonds is 9. The number of likely N-dealkylation sites (N-methyl/N-ethyl adjacent to an activating group) is 1. The third-order valence-electron chi connectivity index (χ3n) is 5.58. The van der Waals surface area contributed by atoms with Crippen LogP contribution in [-0.2, 0) is 9.59 Å². The highest BCUT2D eigenvalue weighted by molar-refractivity contribution is 6.46. The third-order valence-corrected chi connectivity index (χ3v) is 5.58. The molecule has 2 aromatic rings. The van der Waals surface area contributed by atoms with Crippen LogP contribution in [0.25, 0.3) is 5.76 Å². The number of ether oxygens (including phenoxy) is 2. The van der Waals surface area contributed by atoms with Gasteiger partial charge in [-0.15, -0.1) is 0 Å². The zero-order valence-electron chi connectivity index (χ0n) is 19.9. The number of hydrogen-bond donors (Lipinski definition) is 1. The number of aliphatic hydroxyl groups excluding tert-OH is 1. The van der Waals surface area contributed by atoms with Gasteiger partial charge in [0.15, 0.2) is 0 Å². The van der Waals surface area contributed by atoms with Gasteiger partial charge < -0.3 is 24.4 Å². The normalized spacial score (nSPS) is 17.6. The number of hydrogen-bond acceptors (Lipinski definition) is 6. The molecule has 0 radical (unpaired) electrons. The molecule has 176 valence electrons. The van der Waals surface area contributed by atoms with Gasteiger partial charge in [-0.1, -0.05) is 12.1 Å². The van der Waals surface area contributed by atoms with Crippen molar-refractivity contribution in [3.63, 3.8) is 0 Å². The summed E-state index contributed by atoms with van der Waals surface area (Å²) in [6.07, 6.45) is 0. The van der Waals surface area contributed by atoms with Crippen LogP contribution < -0.4 is 9.47 Å². The van der Waals surface area contributed by atoms with Crippen molar-refractivity contribution in [2.75, 3.05) is 40.4 Å². The topological polar surface area (TPSA) is 79.3 Å². The second-order valence-corrected chi connectivity index (χ2v) is 8.21. The SMILES string of the molecule is CCOc1ccc(C2/C(=C(/O)c3ccc(OCC)c(C)c3)C(=O)C(=O)N2CCN(C)C)cc1. The number of aliphatic hydroxyl groups is 1. The van der Waals surface area contributed by atoms with E-state index in [-0.39, 0.29) is 11.3 Å². The summed E-state index contributed by atoms with van der Waals surface area (Å²) in [5.41, 5.74) is 2.13. The molecule has 1 unspecified atom stereocenters. The van der Waals surface area contributed by atoms with Gasteiger partial charge in [-0.2, -0.15) is 0 Å². The molecule has 1 amide bonds. The minimum Gasteiger partial charge on any atom is -0.507 e. The summed E-state index contributed by atoms with van der Waals surface area (Å²) in [5.74, 6) is -0.0699. The van der Waals surface area contributed by atoms with Crippen molar-refractivity contribution in [2.45, 2.75) is 26.8 Å². The van der Waals surface area contributed by atoms with E-state index in [1.807, 2.05) is 64.0 Å². The van der Waals surface area contributed by atoms with Crippen molar-refractivity contribution in [3.05, 3.63) is 64.7 Å². The number of benzene rings is 2. The molecule has 0 aromatic heterocycles. The molecule has 1 saturated heterocycles. The van der Waals surface area contributed by atoms with E-state index in [0.29, 0.717) is 43.4 Å². The third kappa shape index (κ3) is 5.20. The largest absolute Gasteiger partial charge is 0.507 e. The van der Waals surface area contributed by atoms with Gasteiger partial charge in [-0.05, 0) is 76.3 Å². The number of carbonyl (C=O) groups is 2. The lowest BCUT2D eigenvalue weighted by Crippen LogP contribution is -2.35. The van der Waals surface area contributed by atoms with Crippen LogP contribution in [0.2, 0.25) is 0 Å². The lowest BCUT2D eigenvalue weighted by atomic mass is 9.94. The Morgan fingerprint density at radius 1 is 1.03 bits per heavy atom. The summed E-state index contributed by atoms with van der Waals surface area (Å²) in [7, 11) is 3.82. The molecule has 1 heterocycles. The number of ketones is 1. The second-order valence-electron chi connectivity index (χ2n) is 8.21. The molecule has 3 rings (SSSR count). The molecule has 7 nitrogen and oxygen atoms in total. The number of likely N-dealkylation sites (tertiary alicyclic amines) is 1. The lowest BCUT2D eigenvalue weighted by molar-refractivity contribution is -0.140. The molecular weight excluding hydrogens is 420 g/mol. The molecular formula is C26H32N2O5. The van der Waals surface area contributed by atoms with Crippen LogP contribution in [0, 0.1) is 6.92 Å². The van der Waals surface area contributed by atoms with Gasteiger partial charge in [0.25, 0.3) is 11.7 Å². The van der Waals surface area contributed by atoms with Crippen LogP contribution in [0.1, 0.15) is 36.6 Å². The Bertz CT molecular complexity index is 1040. The van der Waals surface area contributed by atoms with Crippen molar-refractivity contribution in [1.82, 2.24) is 9.80 Å². The fraction of sp³-hybridized carbons (Fsp3) is 0.385. The summed E-state index contributed by atoms with van der Waals surface area (Å²) in [6.45, 7) is 7.69. The Morgan fingerprint density at radius 3 is 2.27 bits per heavy atom. The highest BCUT2D eigenvalue weighted by Crippen LogP contribution is 2.40. The molecule has 2 aromatic carbocycles. The molecule has 1 aliphatic rings. The molecule has 1 aliphatic heterocycles. The number of Topliss-reactive ketones (excluding diaryl/α,β-unsaturated/α-hetero) is 1. The van der Waals surface area contributed by atoms with Crippen molar-refractivity contribution in [2.24, 2.45) is 0 Å². The lowest BCUT2D eigenvalue weighted by Gasteiger charge is -2.26. The first-order valence-electron chi connectivity index (χ1n) is 11.2. The van der Waals surface area contributed by atoms with Crippen molar-refractivity contribution in [1.29, 1.82) is 0 Å². The first kappa shape index (κ1) is 24.3. The first-order chi connectivity index (χ1) is 15.8.